The molecule has 126 valence electrons. The summed E-state index contributed by atoms with van der Waals surface area (Å²) >= 11 is 3.31. The molecule has 0 aliphatic carbocycles. The lowest BCUT2D eigenvalue weighted by Crippen LogP contribution is -2.44. The molecule has 1 heterocycles. The number of carbonyl (C=O) groups excluding carboxylic acids is 2. The molecule has 6 nitrogen and oxygen atoms in total. The van der Waals surface area contributed by atoms with E-state index in [0.717, 1.165) is 4.47 Å². The van der Waals surface area contributed by atoms with Crippen LogP contribution >= 0.6 is 15.9 Å². The summed E-state index contributed by atoms with van der Waals surface area (Å²) < 4.78 is 23.7. The zero-order chi connectivity index (χ0) is 17.0. The van der Waals surface area contributed by atoms with Gasteiger partial charge in [0.25, 0.3) is 5.91 Å². The molecular formula is C15H19BrN2O4S. The van der Waals surface area contributed by atoms with E-state index in [0.29, 0.717) is 18.5 Å². The minimum atomic E-state index is -3.04. The number of rotatable bonds is 5. The van der Waals surface area contributed by atoms with E-state index in [9.17, 15) is 18.0 Å². The van der Waals surface area contributed by atoms with Gasteiger partial charge in [0.15, 0.2) is 9.84 Å². The fourth-order valence-electron chi connectivity index (χ4n) is 2.46. The lowest BCUT2D eigenvalue weighted by Gasteiger charge is -2.21. The number of benzene rings is 1. The van der Waals surface area contributed by atoms with Gasteiger partial charge in [0.2, 0.25) is 5.91 Å². The highest BCUT2D eigenvalue weighted by molar-refractivity contribution is 9.10. The second kappa shape index (κ2) is 7.44. The van der Waals surface area contributed by atoms with Crippen molar-refractivity contribution in [1.82, 2.24) is 10.2 Å². The van der Waals surface area contributed by atoms with E-state index < -0.39 is 9.84 Å². The van der Waals surface area contributed by atoms with Gasteiger partial charge in [-0.05, 0) is 37.6 Å². The Labute approximate surface area is 144 Å². The summed E-state index contributed by atoms with van der Waals surface area (Å²) in [7, 11) is -3.04. The van der Waals surface area contributed by atoms with Gasteiger partial charge in [-0.1, -0.05) is 15.9 Å². The molecule has 0 spiro atoms. The summed E-state index contributed by atoms with van der Waals surface area (Å²) in [4.78, 5) is 25.9. The predicted molar refractivity (Wildman–Crippen MR) is 90.9 cm³/mol. The average Bonchev–Trinajstić information content (AvgIpc) is 2.83. The standard InChI is InChI=1S/C15H19BrN2O4S/c1-2-18(15(20)11-3-5-12(16)6-4-11)9-14(19)17-13-7-8-23(21,22)10-13/h3-6,13H,2,7-10H2,1H3,(H,17,19)/t13-/m0/s1. The second-order valence-electron chi connectivity index (χ2n) is 5.49. The number of carbonyl (C=O) groups is 2. The lowest BCUT2D eigenvalue weighted by molar-refractivity contribution is -0.122. The average molecular weight is 403 g/mol. The van der Waals surface area contributed by atoms with E-state index in [1.807, 2.05) is 0 Å². The fraction of sp³-hybridized carbons (Fsp3) is 0.467. The summed E-state index contributed by atoms with van der Waals surface area (Å²) in [6, 6.07) is 6.57. The van der Waals surface area contributed by atoms with Crippen molar-refractivity contribution in [3.8, 4) is 0 Å². The monoisotopic (exact) mass is 402 g/mol. The van der Waals surface area contributed by atoms with Gasteiger partial charge >= 0.3 is 0 Å². The normalized spacial score (nSPS) is 19.3. The molecule has 2 rings (SSSR count). The van der Waals surface area contributed by atoms with Crippen molar-refractivity contribution < 1.29 is 18.0 Å². The highest BCUT2D eigenvalue weighted by Crippen LogP contribution is 2.13. The van der Waals surface area contributed by atoms with Crippen molar-refractivity contribution in [2.75, 3.05) is 24.6 Å². The first-order chi connectivity index (χ1) is 10.8. The SMILES string of the molecule is CCN(CC(=O)N[C@H]1CCS(=O)(=O)C1)C(=O)c1ccc(Br)cc1. The molecule has 1 fully saturated rings. The molecule has 2 amide bonds. The molecule has 1 atom stereocenters. The van der Waals surface area contributed by atoms with Crippen molar-refractivity contribution in [2.24, 2.45) is 0 Å². The summed E-state index contributed by atoms with van der Waals surface area (Å²) in [6.07, 6.45) is 0.431. The molecule has 1 aromatic rings. The summed E-state index contributed by atoms with van der Waals surface area (Å²) in [5.41, 5.74) is 0.506. The number of nitrogens with zero attached hydrogens (tertiary/aromatic N) is 1. The highest BCUT2D eigenvalue weighted by atomic mass is 79.9. The summed E-state index contributed by atoms with van der Waals surface area (Å²) in [5, 5.41) is 2.70. The minimum absolute atomic E-state index is 0.0223. The molecule has 1 aliphatic heterocycles. The van der Waals surface area contributed by atoms with Gasteiger partial charge in [-0.25, -0.2) is 8.42 Å². The Morgan fingerprint density at radius 3 is 2.48 bits per heavy atom. The smallest absolute Gasteiger partial charge is 0.254 e. The van der Waals surface area contributed by atoms with Crippen LogP contribution in [0.2, 0.25) is 0 Å². The van der Waals surface area contributed by atoms with E-state index in [1.165, 1.54) is 4.90 Å². The molecule has 1 saturated heterocycles. The van der Waals surface area contributed by atoms with Gasteiger partial charge in [-0.3, -0.25) is 9.59 Å². The van der Waals surface area contributed by atoms with Crippen LogP contribution in [0.4, 0.5) is 0 Å². The number of halogens is 1. The van der Waals surface area contributed by atoms with Gasteiger partial charge in [0, 0.05) is 22.6 Å². The van der Waals surface area contributed by atoms with Crippen LogP contribution in [0.5, 0.6) is 0 Å². The highest BCUT2D eigenvalue weighted by Gasteiger charge is 2.29. The maximum atomic E-state index is 12.4. The molecule has 1 aromatic carbocycles. The van der Waals surface area contributed by atoms with Crippen LogP contribution in [0.3, 0.4) is 0 Å². The van der Waals surface area contributed by atoms with E-state index in [4.69, 9.17) is 0 Å². The second-order valence-corrected chi connectivity index (χ2v) is 8.64. The van der Waals surface area contributed by atoms with Gasteiger partial charge in [0.1, 0.15) is 0 Å². The Bertz CT molecular complexity index is 688. The largest absolute Gasteiger partial charge is 0.351 e. The van der Waals surface area contributed by atoms with Gasteiger partial charge in [-0.2, -0.15) is 0 Å². The van der Waals surface area contributed by atoms with E-state index >= 15 is 0 Å². The number of hydrogen-bond donors (Lipinski definition) is 1. The number of amides is 2. The lowest BCUT2D eigenvalue weighted by atomic mass is 10.2. The third-order valence-electron chi connectivity index (χ3n) is 3.69. The van der Waals surface area contributed by atoms with Crippen molar-refractivity contribution in [1.29, 1.82) is 0 Å². The molecule has 0 bridgehead atoms. The first kappa shape index (κ1) is 17.9. The Morgan fingerprint density at radius 1 is 1.30 bits per heavy atom. The minimum Gasteiger partial charge on any atom is -0.351 e. The Kier molecular flexibility index (Phi) is 5.80. The van der Waals surface area contributed by atoms with E-state index in [1.54, 1.807) is 31.2 Å². The van der Waals surface area contributed by atoms with Crippen molar-refractivity contribution in [2.45, 2.75) is 19.4 Å². The maximum Gasteiger partial charge on any atom is 0.254 e. The molecule has 0 unspecified atom stereocenters. The number of likely N-dealkylation sites (N-methyl/N-ethyl adjacent to an activating group) is 1. The summed E-state index contributed by atoms with van der Waals surface area (Å²) in [5.74, 6) is -0.479. The summed E-state index contributed by atoms with van der Waals surface area (Å²) in [6.45, 7) is 2.11. The van der Waals surface area contributed by atoms with E-state index in [-0.39, 0.29) is 35.9 Å². The first-order valence-corrected chi connectivity index (χ1v) is 9.97. The molecule has 8 heteroatoms. The molecule has 0 saturated carbocycles. The van der Waals surface area contributed by atoms with Gasteiger partial charge in [0.05, 0.1) is 18.1 Å². The Balaban J connectivity index is 1.94. The van der Waals surface area contributed by atoms with Crippen molar-refractivity contribution >= 4 is 37.6 Å². The van der Waals surface area contributed by atoms with Crippen LogP contribution in [0.1, 0.15) is 23.7 Å². The fourth-order valence-corrected chi connectivity index (χ4v) is 4.40. The molecule has 0 radical (unpaired) electrons. The van der Waals surface area contributed by atoms with Crippen LogP contribution in [0.15, 0.2) is 28.7 Å². The Morgan fingerprint density at radius 2 is 1.96 bits per heavy atom. The molecule has 23 heavy (non-hydrogen) atoms. The third-order valence-corrected chi connectivity index (χ3v) is 5.99. The van der Waals surface area contributed by atoms with Crippen LogP contribution < -0.4 is 5.32 Å². The zero-order valence-electron chi connectivity index (χ0n) is 12.8. The maximum absolute atomic E-state index is 12.4. The number of hydrogen-bond acceptors (Lipinski definition) is 4. The first-order valence-electron chi connectivity index (χ1n) is 7.35. The molecule has 1 N–H and O–H groups in total. The van der Waals surface area contributed by atoms with E-state index in [2.05, 4.69) is 21.2 Å². The van der Waals surface area contributed by atoms with Crippen LogP contribution in [0.25, 0.3) is 0 Å². The zero-order valence-corrected chi connectivity index (χ0v) is 15.2. The van der Waals surface area contributed by atoms with Gasteiger partial charge in [-0.15, -0.1) is 0 Å². The number of sulfone groups is 1. The quantitative estimate of drug-likeness (QED) is 0.802. The van der Waals surface area contributed by atoms with Crippen LogP contribution in [-0.4, -0.2) is 55.8 Å². The number of nitrogens with one attached hydrogen (secondary N) is 1. The van der Waals surface area contributed by atoms with Crippen molar-refractivity contribution in [3.63, 3.8) is 0 Å². The van der Waals surface area contributed by atoms with Crippen LogP contribution in [-0.2, 0) is 14.6 Å². The third kappa shape index (κ3) is 5.04. The molecular weight excluding hydrogens is 384 g/mol. The van der Waals surface area contributed by atoms with Crippen molar-refractivity contribution in [3.05, 3.63) is 34.3 Å². The van der Waals surface area contributed by atoms with Crippen LogP contribution in [0, 0.1) is 0 Å². The topological polar surface area (TPSA) is 83.6 Å². The predicted octanol–water partition coefficient (Wildman–Crippen LogP) is 1.21. The Hall–Kier alpha value is -1.41. The van der Waals surface area contributed by atoms with Gasteiger partial charge < -0.3 is 10.2 Å². The molecule has 1 aliphatic rings. The molecule has 0 aromatic heterocycles.